The Morgan fingerprint density at radius 1 is 0.871 bits per heavy atom. The zero-order chi connectivity index (χ0) is 21.6. The Kier molecular flexibility index (Phi) is 6.05. The monoisotopic (exact) mass is 427 g/mol. The number of anilines is 1. The van der Waals surface area contributed by atoms with Gasteiger partial charge in [-0.3, -0.25) is 4.79 Å². The molecule has 0 atom stereocenters. The minimum Gasteiger partial charge on any atom is -0.320 e. The number of carbonyl (C=O) groups excluding carboxylic acids is 1. The molecule has 0 saturated carbocycles. The van der Waals surface area contributed by atoms with Crippen LogP contribution in [0.4, 0.5) is 5.69 Å². The minimum absolute atomic E-state index is 0.248. The zero-order valence-electron chi connectivity index (χ0n) is 16.4. The van der Waals surface area contributed by atoms with Crippen molar-refractivity contribution in [1.29, 1.82) is 0 Å². The van der Waals surface area contributed by atoms with Gasteiger partial charge in [0.25, 0.3) is 5.91 Å². The van der Waals surface area contributed by atoms with Gasteiger partial charge in [0.1, 0.15) is 0 Å². The van der Waals surface area contributed by atoms with Crippen molar-refractivity contribution in [2.45, 2.75) is 0 Å². The fourth-order valence-corrected chi connectivity index (χ4v) is 3.32. The molecule has 0 bridgehead atoms. The van der Waals surface area contributed by atoms with Gasteiger partial charge in [0.15, 0.2) is 0 Å². The van der Waals surface area contributed by atoms with Gasteiger partial charge in [0, 0.05) is 5.56 Å². The molecule has 0 aliphatic heterocycles. The van der Waals surface area contributed by atoms with Gasteiger partial charge >= 0.3 is 5.69 Å². The molecule has 152 valence electrons. The van der Waals surface area contributed by atoms with Crippen LogP contribution in [0.2, 0.25) is 5.02 Å². The minimum atomic E-state index is -0.541. The van der Waals surface area contributed by atoms with Gasteiger partial charge in [-0.05, 0) is 23.8 Å². The van der Waals surface area contributed by atoms with Crippen molar-refractivity contribution in [2.24, 2.45) is 0 Å². The molecular formula is C25H18ClN3O2. The fraction of sp³-hybridized carbons (Fsp3) is 0. The number of rotatable bonds is 5. The van der Waals surface area contributed by atoms with Crippen molar-refractivity contribution >= 4 is 35.3 Å². The molecule has 0 spiro atoms. The van der Waals surface area contributed by atoms with Crippen molar-refractivity contribution in [3.05, 3.63) is 117 Å². The third-order valence-electron chi connectivity index (χ3n) is 4.60. The first-order chi connectivity index (χ1) is 15.1. The molecule has 1 amide bonds. The van der Waals surface area contributed by atoms with E-state index in [0.29, 0.717) is 27.7 Å². The van der Waals surface area contributed by atoms with Crippen molar-refractivity contribution in [3.63, 3.8) is 0 Å². The van der Waals surface area contributed by atoms with Crippen molar-refractivity contribution in [1.82, 2.24) is 9.97 Å². The van der Waals surface area contributed by atoms with E-state index in [1.165, 1.54) is 0 Å². The molecule has 1 aromatic heterocycles. The first-order valence-corrected chi connectivity index (χ1v) is 9.98. The number of aromatic amines is 1. The predicted octanol–water partition coefficient (Wildman–Crippen LogP) is 5.51. The maximum Gasteiger partial charge on any atom is 0.345 e. The Morgan fingerprint density at radius 2 is 1.52 bits per heavy atom. The Morgan fingerprint density at radius 3 is 2.23 bits per heavy atom. The number of benzene rings is 3. The van der Waals surface area contributed by atoms with E-state index in [0.717, 1.165) is 5.56 Å². The summed E-state index contributed by atoms with van der Waals surface area (Å²) >= 11 is 6.22. The number of nitrogens with zero attached hydrogens (tertiary/aromatic N) is 1. The van der Waals surface area contributed by atoms with Crippen LogP contribution in [0, 0.1) is 0 Å². The van der Waals surface area contributed by atoms with Crippen molar-refractivity contribution in [3.8, 4) is 11.3 Å². The van der Waals surface area contributed by atoms with E-state index >= 15 is 0 Å². The van der Waals surface area contributed by atoms with Crippen molar-refractivity contribution < 1.29 is 4.79 Å². The summed E-state index contributed by atoms with van der Waals surface area (Å²) in [6.45, 7) is 0. The van der Waals surface area contributed by atoms with Crippen LogP contribution < -0.4 is 11.0 Å². The van der Waals surface area contributed by atoms with E-state index in [1.54, 1.807) is 42.5 Å². The third kappa shape index (κ3) is 4.79. The number of carbonyl (C=O) groups is 1. The van der Waals surface area contributed by atoms with Crippen LogP contribution in [0.15, 0.2) is 89.7 Å². The molecule has 0 aliphatic carbocycles. The lowest BCUT2D eigenvalue weighted by atomic mass is 10.0. The first-order valence-electron chi connectivity index (χ1n) is 9.60. The van der Waals surface area contributed by atoms with Crippen LogP contribution in [0.25, 0.3) is 23.4 Å². The lowest BCUT2D eigenvalue weighted by Crippen LogP contribution is -2.22. The fourth-order valence-electron chi connectivity index (χ4n) is 3.14. The largest absolute Gasteiger partial charge is 0.345 e. The molecular weight excluding hydrogens is 410 g/mol. The summed E-state index contributed by atoms with van der Waals surface area (Å²) in [5.41, 5.74) is 2.41. The second-order valence-electron chi connectivity index (χ2n) is 6.72. The van der Waals surface area contributed by atoms with Crippen LogP contribution in [-0.2, 0) is 0 Å². The molecule has 0 saturated heterocycles. The molecule has 1 heterocycles. The van der Waals surface area contributed by atoms with Gasteiger partial charge in [-0.2, -0.15) is 4.98 Å². The van der Waals surface area contributed by atoms with Gasteiger partial charge in [0.05, 0.1) is 27.7 Å². The van der Waals surface area contributed by atoms with Gasteiger partial charge in [-0.25, -0.2) is 4.79 Å². The highest BCUT2D eigenvalue weighted by molar-refractivity contribution is 6.34. The summed E-state index contributed by atoms with van der Waals surface area (Å²) in [5, 5.41) is 3.24. The lowest BCUT2D eigenvalue weighted by Gasteiger charge is -2.13. The third-order valence-corrected chi connectivity index (χ3v) is 4.93. The summed E-state index contributed by atoms with van der Waals surface area (Å²) < 4.78 is 0. The average Bonchev–Trinajstić information content (AvgIpc) is 2.80. The Bertz CT molecular complexity index is 1300. The second kappa shape index (κ2) is 9.24. The number of amides is 1. The Hall–Kier alpha value is -3.96. The van der Waals surface area contributed by atoms with Crippen LogP contribution in [0.3, 0.4) is 0 Å². The smallest absolute Gasteiger partial charge is 0.320 e. The normalized spacial score (nSPS) is 10.9. The van der Waals surface area contributed by atoms with E-state index in [1.807, 2.05) is 54.6 Å². The molecule has 6 heteroatoms. The van der Waals surface area contributed by atoms with E-state index < -0.39 is 11.6 Å². The molecule has 0 unspecified atom stereocenters. The standard InChI is InChI=1S/C25H18ClN3O2/c26-19-13-7-8-14-20(19)27-24(30)22-21(16-15-17-9-3-1-4-10-17)28-25(31)29-23(22)18-11-5-2-6-12-18/h1-16H,(H,27,30)(H,28,29,31)/b16-15+. The van der Waals surface area contributed by atoms with Gasteiger partial charge in [-0.15, -0.1) is 0 Å². The van der Waals surface area contributed by atoms with Crippen LogP contribution in [0.5, 0.6) is 0 Å². The quantitative estimate of drug-likeness (QED) is 0.440. The molecule has 0 aliphatic rings. The van der Waals surface area contributed by atoms with E-state index in [-0.39, 0.29) is 5.56 Å². The highest BCUT2D eigenvalue weighted by Crippen LogP contribution is 2.26. The van der Waals surface area contributed by atoms with E-state index in [2.05, 4.69) is 15.3 Å². The number of nitrogens with one attached hydrogen (secondary N) is 2. The number of aromatic nitrogens is 2. The number of hydrogen-bond donors (Lipinski definition) is 2. The molecule has 0 fully saturated rings. The number of para-hydroxylation sites is 1. The molecule has 31 heavy (non-hydrogen) atoms. The summed E-state index contributed by atoms with van der Waals surface area (Å²) in [6, 6.07) is 25.7. The first kappa shape index (κ1) is 20.3. The summed E-state index contributed by atoms with van der Waals surface area (Å²) in [6.07, 6.45) is 3.53. The van der Waals surface area contributed by atoms with Crippen LogP contribution in [0.1, 0.15) is 21.6 Å². The van der Waals surface area contributed by atoms with Crippen molar-refractivity contribution in [2.75, 3.05) is 5.32 Å². The maximum absolute atomic E-state index is 13.3. The maximum atomic E-state index is 13.3. The van der Waals surface area contributed by atoms with Gasteiger partial charge in [-0.1, -0.05) is 90.5 Å². The molecule has 5 nitrogen and oxygen atoms in total. The zero-order valence-corrected chi connectivity index (χ0v) is 17.1. The summed E-state index contributed by atoms with van der Waals surface area (Å²) in [4.78, 5) is 32.5. The lowest BCUT2D eigenvalue weighted by molar-refractivity contribution is 0.102. The van der Waals surface area contributed by atoms with Crippen LogP contribution >= 0.6 is 11.6 Å². The number of halogens is 1. The van der Waals surface area contributed by atoms with Crippen LogP contribution in [-0.4, -0.2) is 15.9 Å². The molecule has 4 aromatic rings. The van der Waals surface area contributed by atoms with E-state index in [9.17, 15) is 9.59 Å². The van der Waals surface area contributed by atoms with Gasteiger partial charge in [0.2, 0.25) is 0 Å². The predicted molar refractivity (Wildman–Crippen MR) is 125 cm³/mol. The van der Waals surface area contributed by atoms with Gasteiger partial charge < -0.3 is 10.3 Å². The molecule has 0 radical (unpaired) electrons. The highest BCUT2D eigenvalue weighted by Gasteiger charge is 2.20. The average molecular weight is 428 g/mol. The summed E-state index contributed by atoms with van der Waals surface area (Å²) in [5.74, 6) is -0.427. The molecule has 3 aromatic carbocycles. The second-order valence-corrected chi connectivity index (χ2v) is 7.13. The highest BCUT2D eigenvalue weighted by atomic mass is 35.5. The topological polar surface area (TPSA) is 74.8 Å². The SMILES string of the molecule is O=C(Nc1ccccc1Cl)c1c(-c2ccccc2)nc(=O)[nH]c1/C=C/c1ccccc1. The van der Waals surface area contributed by atoms with E-state index in [4.69, 9.17) is 11.6 Å². The number of H-pyrrole nitrogens is 1. The Labute approximate surface area is 184 Å². The molecule has 4 rings (SSSR count). The summed E-state index contributed by atoms with van der Waals surface area (Å²) in [7, 11) is 0. The number of hydrogen-bond acceptors (Lipinski definition) is 3. The Balaban J connectivity index is 1.85. The molecule has 2 N–H and O–H groups in total.